The first-order valence-electron chi connectivity index (χ1n) is 7.24. The lowest BCUT2D eigenvalue weighted by molar-refractivity contribution is -0.118. The topological polar surface area (TPSA) is 38.3 Å². The van der Waals surface area contributed by atoms with Crippen molar-refractivity contribution in [1.29, 1.82) is 0 Å². The fraction of sp³-hybridized carbons (Fsp3) is 0.278. The van der Waals surface area contributed by atoms with Crippen LogP contribution in [0.15, 0.2) is 46.9 Å². The first-order valence-corrected chi connectivity index (χ1v) is 8.41. The van der Waals surface area contributed by atoms with Gasteiger partial charge >= 0.3 is 0 Å². The van der Waals surface area contributed by atoms with Gasteiger partial charge in [0.2, 0.25) is 0 Å². The Labute approximate surface area is 150 Å². The monoisotopic (exact) mass is 395 g/mol. The van der Waals surface area contributed by atoms with Gasteiger partial charge in [-0.3, -0.25) is 4.79 Å². The van der Waals surface area contributed by atoms with Crippen molar-refractivity contribution < 1.29 is 9.53 Å². The van der Waals surface area contributed by atoms with Gasteiger partial charge in [0.25, 0.3) is 5.91 Å². The molecule has 0 radical (unpaired) electrons. The van der Waals surface area contributed by atoms with Crippen LogP contribution in [0.5, 0.6) is 5.75 Å². The molecule has 0 aliphatic carbocycles. The first kappa shape index (κ1) is 17.8. The second-order valence-electron chi connectivity index (χ2n) is 6.23. The molecule has 1 N–H and O–H groups in total. The summed E-state index contributed by atoms with van der Waals surface area (Å²) in [4.78, 5) is 12.0. The van der Waals surface area contributed by atoms with E-state index in [0.717, 1.165) is 10.0 Å². The summed E-state index contributed by atoms with van der Waals surface area (Å²) in [5.41, 5.74) is 1.66. The Morgan fingerprint density at radius 3 is 2.43 bits per heavy atom. The molecule has 0 bridgehead atoms. The predicted molar refractivity (Wildman–Crippen MR) is 98.4 cm³/mol. The summed E-state index contributed by atoms with van der Waals surface area (Å²) in [6.45, 7) is 6.27. The molecule has 0 aliphatic rings. The van der Waals surface area contributed by atoms with E-state index in [1.807, 2.05) is 18.2 Å². The normalized spacial score (nSPS) is 11.2. The molecule has 0 atom stereocenters. The van der Waals surface area contributed by atoms with Crippen LogP contribution in [0.4, 0.5) is 5.69 Å². The van der Waals surface area contributed by atoms with E-state index in [1.165, 1.54) is 0 Å². The number of amides is 1. The number of halogens is 2. The highest BCUT2D eigenvalue weighted by atomic mass is 79.9. The number of benzene rings is 2. The Bertz CT molecular complexity index is 693. The minimum atomic E-state index is -0.213. The largest absolute Gasteiger partial charge is 0.483 e. The van der Waals surface area contributed by atoms with Crippen LogP contribution in [0.3, 0.4) is 0 Å². The van der Waals surface area contributed by atoms with E-state index in [0.29, 0.717) is 16.5 Å². The summed E-state index contributed by atoms with van der Waals surface area (Å²) in [5.74, 6) is 0.502. The number of anilines is 1. The highest BCUT2D eigenvalue weighted by Crippen LogP contribution is 2.33. The van der Waals surface area contributed by atoms with Crippen molar-refractivity contribution in [3.05, 3.63) is 57.5 Å². The van der Waals surface area contributed by atoms with Crippen molar-refractivity contribution in [2.24, 2.45) is 0 Å². The van der Waals surface area contributed by atoms with Crippen molar-refractivity contribution >= 4 is 39.1 Å². The van der Waals surface area contributed by atoms with E-state index in [-0.39, 0.29) is 17.9 Å². The van der Waals surface area contributed by atoms with Gasteiger partial charge in [-0.25, -0.2) is 0 Å². The molecule has 0 saturated heterocycles. The number of hydrogen-bond acceptors (Lipinski definition) is 2. The Hall–Kier alpha value is -1.52. The van der Waals surface area contributed by atoms with Gasteiger partial charge < -0.3 is 10.1 Å². The van der Waals surface area contributed by atoms with E-state index in [4.69, 9.17) is 16.3 Å². The standard InChI is InChI=1S/C18H19BrClNO2/c1-18(2,3)15-10-12(19)4-9-16(15)23-11-17(22)21-14-7-5-13(20)6-8-14/h4-10H,11H2,1-3H3,(H,21,22). The minimum Gasteiger partial charge on any atom is -0.483 e. The highest BCUT2D eigenvalue weighted by molar-refractivity contribution is 9.10. The molecule has 0 spiro atoms. The maximum absolute atomic E-state index is 12.0. The minimum absolute atomic E-state index is 0.0483. The van der Waals surface area contributed by atoms with Crippen molar-refractivity contribution in [2.75, 3.05) is 11.9 Å². The maximum Gasteiger partial charge on any atom is 0.262 e. The summed E-state index contributed by atoms with van der Waals surface area (Å²) in [7, 11) is 0. The second-order valence-corrected chi connectivity index (χ2v) is 7.59. The predicted octanol–water partition coefficient (Wildman–Crippen LogP) is 5.42. The Balaban J connectivity index is 2.03. The van der Waals surface area contributed by atoms with Crippen LogP contribution in [0, 0.1) is 0 Å². The van der Waals surface area contributed by atoms with Crippen molar-refractivity contribution in [2.45, 2.75) is 26.2 Å². The van der Waals surface area contributed by atoms with Gasteiger partial charge in [0.1, 0.15) is 5.75 Å². The lowest BCUT2D eigenvalue weighted by Crippen LogP contribution is -2.22. The maximum atomic E-state index is 12.0. The molecule has 0 aromatic heterocycles. The van der Waals surface area contributed by atoms with Crippen LogP contribution in [-0.2, 0) is 10.2 Å². The number of hydrogen-bond donors (Lipinski definition) is 1. The summed E-state index contributed by atoms with van der Waals surface area (Å²) in [6, 6.07) is 12.8. The van der Waals surface area contributed by atoms with E-state index in [2.05, 4.69) is 42.0 Å². The van der Waals surface area contributed by atoms with E-state index in [9.17, 15) is 4.79 Å². The Kier molecular flexibility index (Phi) is 5.71. The fourth-order valence-corrected chi connectivity index (χ4v) is 2.57. The molecular formula is C18H19BrClNO2. The van der Waals surface area contributed by atoms with Gasteiger partial charge in [-0.15, -0.1) is 0 Å². The average molecular weight is 397 g/mol. The van der Waals surface area contributed by atoms with E-state index < -0.39 is 0 Å². The molecule has 2 rings (SSSR count). The molecule has 5 heteroatoms. The van der Waals surface area contributed by atoms with Gasteiger partial charge in [-0.05, 0) is 47.9 Å². The zero-order valence-electron chi connectivity index (χ0n) is 13.3. The lowest BCUT2D eigenvalue weighted by Gasteiger charge is -2.23. The van der Waals surface area contributed by atoms with Crippen molar-refractivity contribution in [3.63, 3.8) is 0 Å². The van der Waals surface area contributed by atoms with Crippen LogP contribution in [0.2, 0.25) is 5.02 Å². The highest BCUT2D eigenvalue weighted by Gasteiger charge is 2.20. The number of carbonyl (C=O) groups excluding carboxylic acids is 1. The molecule has 0 saturated carbocycles. The van der Waals surface area contributed by atoms with Gasteiger partial charge in [0.05, 0.1) is 0 Å². The third kappa shape index (κ3) is 5.26. The molecule has 23 heavy (non-hydrogen) atoms. The van der Waals surface area contributed by atoms with Gasteiger partial charge in [0, 0.05) is 20.7 Å². The van der Waals surface area contributed by atoms with Gasteiger partial charge in [0.15, 0.2) is 6.61 Å². The summed E-state index contributed by atoms with van der Waals surface area (Å²) < 4.78 is 6.70. The molecule has 0 heterocycles. The summed E-state index contributed by atoms with van der Waals surface area (Å²) >= 11 is 9.29. The molecule has 0 unspecified atom stereocenters. The molecule has 0 aliphatic heterocycles. The zero-order valence-corrected chi connectivity index (χ0v) is 15.7. The second kappa shape index (κ2) is 7.37. The SMILES string of the molecule is CC(C)(C)c1cc(Br)ccc1OCC(=O)Nc1ccc(Cl)cc1. The molecule has 122 valence electrons. The third-order valence-corrected chi connectivity index (χ3v) is 3.98. The molecule has 2 aromatic rings. The van der Waals surface area contributed by atoms with Crippen molar-refractivity contribution in [1.82, 2.24) is 0 Å². The fourth-order valence-electron chi connectivity index (χ4n) is 2.09. The van der Waals surface area contributed by atoms with Crippen LogP contribution in [-0.4, -0.2) is 12.5 Å². The number of carbonyl (C=O) groups is 1. The first-order chi connectivity index (χ1) is 10.8. The quantitative estimate of drug-likeness (QED) is 0.749. The van der Waals surface area contributed by atoms with Crippen LogP contribution in [0.1, 0.15) is 26.3 Å². The van der Waals surface area contributed by atoms with Gasteiger partial charge in [-0.2, -0.15) is 0 Å². The van der Waals surface area contributed by atoms with Gasteiger partial charge in [-0.1, -0.05) is 48.3 Å². The van der Waals surface area contributed by atoms with Crippen molar-refractivity contribution in [3.8, 4) is 5.75 Å². The summed E-state index contributed by atoms with van der Waals surface area (Å²) in [5, 5.41) is 3.41. The zero-order chi connectivity index (χ0) is 17.0. The van der Waals surface area contributed by atoms with Crippen LogP contribution >= 0.6 is 27.5 Å². The smallest absolute Gasteiger partial charge is 0.262 e. The number of nitrogens with one attached hydrogen (secondary N) is 1. The van der Waals surface area contributed by atoms with Crippen LogP contribution < -0.4 is 10.1 Å². The Morgan fingerprint density at radius 1 is 1.17 bits per heavy atom. The molecule has 0 fully saturated rings. The molecular weight excluding hydrogens is 378 g/mol. The third-order valence-electron chi connectivity index (χ3n) is 3.24. The van der Waals surface area contributed by atoms with E-state index >= 15 is 0 Å². The van der Waals surface area contributed by atoms with Crippen LogP contribution in [0.25, 0.3) is 0 Å². The summed E-state index contributed by atoms with van der Waals surface area (Å²) in [6.07, 6.45) is 0. The number of ether oxygens (including phenoxy) is 1. The molecule has 2 aromatic carbocycles. The lowest BCUT2D eigenvalue weighted by atomic mass is 9.86. The van der Waals surface area contributed by atoms with E-state index in [1.54, 1.807) is 24.3 Å². The average Bonchev–Trinajstić information content (AvgIpc) is 2.47. The number of rotatable bonds is 4. The molecule has 3 nitrogen and oxygen atoms in total. The molecule has 1 amide bonds. The Morgan fingerprint density at radius 2 is 1.83 bits per heavy atom.